The highest BCUT2D eigenvalue weighted by Gasteiger charge is 2.23. The first-order valence-corrected chi connectivity index (χ1v) is 10.2. The van der Waals surface area contributed by atoms with E-state index in [9.17, 15) is 4.79 Å². The monoisotopic (exact) mass is 406 g/mol. The van der Waals surface area contributed by atoms with Crippen LogP contribution in [0.25, 0.3) is 10.9 Å². The summed E-state index contributed by atoms with van der Waals surface area (Å²) >= 11 is 6.53. The van der Waals surface area contributed by atoms with Crippen LogP contribution in [0.1, 0.15) is 41.7 Å². The number of hydrogen-bond acceptors (Lipinski definition) is 2. The van der Waals surface area contributed by atoms with Gasteiger partial charge in [0.2, 0.25) is 5.91 Å². The predicted octanol–water partition coefficient (Wildman–Crippen LogP) is 5.82. The standard InChI is InChI=1S/C24H23ClN2O2/c1-2-16-7-5-10-19-21(15-27-24(16)19)20(18-9-3-4-11-22(18)25)13-23(28)26-14-17-8-6-12-29-17/h3-12,15,20,27H,2,13-14H2,1H3,(H,26,28)/t20-/m1/s1. The Morgan fingerprint density at radius 2 is 1.97 bits per heavy atom. The number of benzene rings is 2. The summed E-state index contributed by atoms with van der Waals surface area (Å²) < 4.78 is 5.31. The predicted molar refractivity (Wildman–Crippen MR) is 116 cm³/mol. The Labute approximate surface area is 174 Å². The number of amides is 1. The topological polar surface area (TPSA) is 58.0 Å². The van der Waals surface area contributed by atoms with Gasteiger partial charge in [-0.1, -0.05) is 54.9 Å². The average Bonchev–Trinajstić information content (AvgIpc) is 3.41. The fourth-order valence-corrected chi connectivity index (χ4v) is 4.09. The van der Waals surface area contributed by atoms with Gasteiger partial charge in [-0.15, -0.1) is 0 Å². The maximum Gasteiger partial charge on any atom is 0.221 e. The van der Waals surface area contributed by atoms with E-state index in [1.807, 2.05) is 42.6 Å². The van der Waals surface area contributed by atoms with Crippen molar-refractivity contribution in [1.82, 2.24) is 10.3 Å². The van der Waals surface area contributed by atoms with Crippen molar-refractivity contribution in [2.75, 3.05) is 0 Å². The first-order chi connectivity index (χ1) is 14.2. The van der Waals surface area contributed by atoms with E-state index in [2.05, 4.69) is 35.4 Å². The van der Waals surface area contributed by atoms with Gasteiger partial charge in [-0.25, -0.2) is 0 Å². The van der Waals surface area contributed by atoms with Crippen molar-refractivity contribution in [2.24, 2.45) is 0 Å². The number of aromatic nitrogens is 1. The van der Waals surface area contributed by atoms with Crippen LogP contribution in [-0.4, -0.2) is 10.9 Å². The summed E-state index contributed by atoms with van der Waals surface area (Å²) in [5.41, 5.74) is 4.41. The minimum atomic E-state index is -0.152. The van der Waals surface area contributed by atoms with Gasteiger partial charge in [-0.2, -0.15) is 0 Å². The molecular formula is C24H23ClN2O2. The van der Waals surface area contributed by atoms with Crippen LogP contribution in [-0.2, 0) is 17.8 Å². The molecule has 0 saturated carbocycles. The van der Waals surface area contributed by atoms with E-state index in [4.69, 9.17) is 16.0 Å². The summed E-state index contributed by atoms with van der Waals surface area (Å²) in [6, 6.07) is 17.7. The lowest BCUT2D eigenvalue weighted by Gasteiger charge is -2.18. The number of para-hydroxylation sites is 1. The molecule has 2 heterocycles. The number of aryl methyl sites for hydroxylation is 1. The summed E-state index contributed by atoms with van der Waals surface area (Å²) in [6.45, 7) is 2.51. The van der Waals surface area contributed by atoms with Crippen LogP contribution in [0.2, 0.25) is 5.02 Å². The van der Waals surface area contributed by atoms with Crippen molar-refractivity contribution in [3.8, 4) is 0 Å². The number of fused-ring (bicyclic) bond motifs is 1. The van der Waals surface area contributed by atoms with E-state index in [1.165, 1.54) is 5.56 Å². The van der Waals surface area contributed by atoms with E-state index in [-0.39, 0.29) is 11.8 Å². The number of aromatic amines is 1. The summed E-state index contributed by atoms with van der Waals surface area (Å²) in [5.74, 6) is 0.529. The van der Waals surface area contributed by atoms with Crippen molar-refractivity contribution >= 4 is 28.4 Å². The largest absolute Gasteiger partial charge is 0.467 e. The molecule has 0 bridgehead atoms. The molecule has 148 valence electrons. The van der Waals surface area contributed by atoms with Crippen LogP contribution >= 0.6 is 11.6 Å². The number of halogens is 1. The van der Waals surface area contributed by atoms with Gasteiger partial charge < -0.3 is 14.7 Å². The Hall–Kier alpha value is -2.98. The highest BCUT2D eigenvalue weighted by atomic mass is 35.5. The molecule has 2 N–H and O–H groups in total. The number of carbonyl (C=O) groups is 1. The Bertz CT molecular complexity index is 1120. The summed E-state index contributed by atoms with van der Waals surface area (Å²) in [5, 5.41) is 4.75. The van der Waals surface area contributed by atoms with Crippen LogP contribution in [0.5, 0.6) is 0 Å². The fraction of sp³-hybridized carbons (Fsp3) is 0.208. The highest BCUT2D eigenvalue weighted by Crippen LogP contribution is 2.37. The van der Waals surface area contributed by atoms with Crippen LogP contribution < -0.4 is 5.32 Å². The Kier molecular flexibility index (Phi) is 5.72. The molecule has 1 amide bonds. The molecular weight excluding hydrogens is 384 g/mol. The Morgan fingerprint density at radius 3 is 2.72 bits per heavy atom. The van der Waals surface area contributed by atoms with E-state index < -0.39 is 0 Å². The molecule has 1 atom stereocenters. The first-order valence-electron chi connectivity index (χ1n) is 9.79. The summed E-state index contributed by atoms with van der Waals surface area (Å²) in [6.07, 6.45) is 4.86. The lowest BCUT2D eigenvalue weighted by molar-refractivity contribution is -0.121. The van der Waals surface area contributed by atoms with Gasteiger partial charge in [-0.3, -0.25) is 4.79 Å². The van der Waals surface area contributed by atoms with E-state index in [1.54, 1.807) is 6.26 Å². The van der Waals surface area contributed by atoms with Crippen LogP contribution in [0.4, 0.5) is 0 Å². The second kappa shape index (κ2) is 8.58. The maximum absolute atomic E-state index is 12.8. The minimum absolute atomic E-state index is 0.0488. The van der Waals surface area contributed by atoms with Gasteiger partial charge in [0.05, 0.1) is 12.8 Å². The molecule has 2 aromatic heterocycles. The Balaban J connectivity index is 1.68. The van der Waals surface area contributed by atoms with Crippen LogP contribution in [0, 0.1) is 0 Å². The zero-order valence-corrected chi connectivity index (χ0v) is 17.0. The molecule has 0 aliphatic carbocycles. The first kappa shape index (κ1) is 19.3. The molecule has 0 spiro atoms. The SMILES string of the molecule is CCc1cccc2c([C@H](CC(=O)NCc3ccco3)c3ccccc3Cl)c[nH]c12. The van der Waals surface area contributed by atoms with Gasteiger partial charge in [0, 0.05) is 34.5 Å². The maximum atomic E-state index is 12.8. The van der Waals surface area contributed by atoms with E-state index >= 15 is 0 Å². The molecule has 0 fully saturated rings. The van der Waals surface area contributed by atoms with Crippen molar-refractivity contribution in [2.45, 2.75) is 32.2 Å². The minimum Gasteiger partial charge on any atom is -0.467 e. The lowest BCUT2D eigenvalue weighted by atomic mass is 9.87. The molecule has 5 heteroatoms. The molecule has 4 aromatic rings. The number of hydrogen-bond donors (Lipinski definition) is 2. The quantitative estimate of drug-likeness (QED) is 0.406. The molecule has 4 rings (SSSR count). The molecule has 0 aliphatic heterocycles. The van der Waals surface area contributed by atoms with Crippen LogP contribution in [0.15, 0.2) is 71.5 Å². The van der Waals surface area contributed by atoms with Crippen molar-refractivity contribution in [3.63, 3.8) is 0 Å². The van der Waals surface area contributed by atoms with Gasteiger partial charge in [0.15, 0.2) is 0 Å². The molecule has 29 heavy (non-hydrogen) atoms. The van der Waals surface area contributed by atoms with Gasteiger partial charge in [0.1, 0.15) is 5.76 Å². The molecule has 0 aliphatic rings. The third-order valence-corrected chi connectivity index (χ3v) is 5.64. The number of carbonyl (C=O) groups excluding carboxylic acids is 1. The Morgan fingerprint density at radius 1 is 1.10 bits per heavy atom. The third kappa shape index (κ3) is 4.08. The summed E-state index contributed by atoms with van der Waals surface area (Å²) in [7, 11) is 0. The lowest BCUT2D eigenvalue weighted by Crippen LogP contribution is -2.24. The number of nitrogens with one attached hydrogen (secondary N) is 2. The molecule has 0 saturated heterocycles. The van der Waals surface area contributed by atoms with E-state index in [0.717, 1.165) is 34.2 Å². The fourth-order valence-electron chi connectivity index (χ4n) is 3.82. The normalized spacial score (nSPS) is 12.2. The van der Waals surface area contributed by atoms with Crippen molar-refractivity contribution in [1.29, 1.82) is 0 Å². The van der Waals surface area contributed by atoms with Gasteiger partial charge in [0.25, 0.3) is 0 Å². The third-order valence-electron chi connectivity index (χ3n) is 5.30. The highest BCUT2D eigenvalue weighted by molar-refractivity contribution is 6.31. The van der Waals surface area contributed by atoms with E-state index in [0.29, 0.717) is 18.0 Å². The number of rotatable bonds is 7. The van der Waals surface area contributed by atoms with Crippen molar-refractivity contribution in [3.05, 3.63) is 94.5 Å². The molecule has 0 radical (unpaired) electrons. The summed E-state index contributed by atoms with van der Waals surface area (Å²) in [4.78, 5) is 16.2. The molecule has 2 aromatic carbocycles. The second-order valence-corrected chi connectivity index (χ2v) is 7.48. The van der Waals surface area contributed by atoms with Crippen LogP contribution in [0.3, 0.4) is 0 Å². The van der Waals surface area contributed by atoms with Crippen molar-refractivity contribution < 1.29 is 9.21 Å². The molecule has 0 unspecified atom stereocenters. The smallest absolute Gasteiger partial charge is 0.221 e. The second-order valence-electron chi connectivity index (χ2n) is 7.07. The van der Waals surface area contributed by atoms with Gasteiger partial charge >= 0.3 is 0 Å². The average molecular weight is 407 g/mol. The zero-order chi connectivity index (χ0) is 20.2. The number of furan rings is 1. The zero-order valence-electron chi connectivity index (χ0n) is 16.2. The number of H-pyrrole nitrogens is 1. The molecule has 4 nitrogen and oxygen atoms in total. The van der Waals surface area contributed by atoms with Gasteiger partial charge in [-0.05, 0) is 41.3 Å².